The Morgan fingerprint density at radius 1 is 0.952 bits per heavy atom. The normalized spacial score (nSPS) is 10.2. The van der Waals surface area contributed by atoms with Crippen molar-refractivity contribution in [1.29, 1.82) is 0 Å². The second-order valence-corrected chi connectivity index (χ2v) is 6.20. The van der Waals surface area contributed by atoms with Gasteiger partial charge in [-0.2, -0.15) is 0 Å². The molecule has 0 bridgehead atoms. The van der Waals surface area contributed by atoms with Crippen molar-refractivity contribution >= 4 is 57.5 Å². The maximum absolute atomic E-state index is 11.9. The minimum atomic E-state index is -0.542. The molecule has 0 aromatic heterocycles. The predicted molar refractivity (Wildman–Crippen MR) is 90.2 cm³/mol. The van der Waals surface area contributed by atoms with E-state index < -0.39 is 5.97 Å². The number of benzene rings is 2. The minimum Gasteiger partial charge on any atom is -0.454 e. The molecule has 0 amide bonds. The SMILES string of the molecule is O=C(COC(=O)c1ccc(I)cc1)c1ccc(Cl)c(Cl)c1. The lowest BCUT2D eigenvalue weighted by molar-refractivity contribution is 0.0475. The van der Waals surface area contributed by atoms with Crippen LogP contribution in [0.1, 0.15) is 20.7 Å². The van der Waals surface area contributed by atoms with E-state index >= 15 is 0 Å². The van der Waals surface area contributed by atoms with Gasteiger partial charge < -0.3 is 4.74 Å². The van der Waals surface area contributed by atoms with Gasteiger partial charge in [-0.05, 0) is 65.1 Å². The van der Waals surface area contributed by atoms with Crippen molar-refractivity contribution in [3.63, 3.8) is 0 Å². The van der Waals surface area contributed by atoms with E-state index in [1.54, 1.807) is 24.3 Å². The molecule has 0 unspecified atom stereocenters. The van der Waals surface area contributed by atoms with Gasteiger partial charge in [-0.1, -0.05) is 23.2 Å². The summed E-state index contributed by atoms with van der Waals surface area (Å²) in [6.45, 7) is -0.344. The van der Waals surface area contributed by atoms with E-state index in [-0.39, 0.29) is 17.4 Å². The monoisotopic (exact) mass is 434 g/mol. The van der Waals surface area contributed by atoms with E-state index in [2.05, 4.69) is 22.6 Å². The fraction of sp³-hybridized carbons (Fsp3) is 0.0667. The van der Waals surface area contributed by atoms with Gasteiger partial charge in [-0.25, -0.2) is 4.79 Å². The number of carbonyl (C=O) groups excluding carboxylic acids is 2. The lowest BCUT2D eigenvalue weighted by atomic mass is 10.1. The Morgan fingerprint density at radius 2 is 1.57 bits per heavy atom. The molecule has 6 heteroatoms. The quantitative estimate of drug-likeness (QED) is 0.400. The summed E-state index contributed by atoms with van der Waals surface area (Å²) >= 11 is 13.8. The van der Waals surface area contributed by atoms with Gasteiger partial charge in [0.25, 0.3) is 0 Å². The third-order valence-electron chi connectivity index (χ3n) is 2.66. The van der Waals surface area contributed by atoms with Crippen LogP contribution >= 0.6 is 45.8 Å². The molecule has 0 aliphatic heterocycles. The summed E-state index contributed by atoms with van der Waals surface area (Å²) in [6, 6.07) is 11.4. The largest absolute Gasteiger partial charge is 0.454 e. The van der Waals surface area contributed by atoms with Crippen molar-refractivity contribution < 1.29 is 14.3 Å². The van der Waals surface area contributed by atoms with Gasteiger partial charge in [0.15, 0.2) is 12.4 Å². The van der Waals surface area contributed by atoms with Crippen LogP contribution in [-0.4, -0.2) is 18.4 Å². The van der Waals surface area contributed by atoms with Crippen molar-refractivity contribution in [3.05, 3.63) is 67.2 Å². The molecule has 0 N–H and O–H groups in total. The Hall–Kier alpha value is -1.11. The second-order valence-electron chi connectivity index (χ2n) is 4.14. The first-order valence-electron chi connectivity index (χ1n) is 5.88. The van der Waals surface area contributed by atoms with Gasteiger partial charge in [0.1, 0.15) is 0 Å². The molecular weight excluding hydrogens is 426 g/mol. The summed E-state index contributed by atoms with van der Waals surface area (Å²) in [5.41, 5.74) is 0.747. The molecule has 0 spiro atoms. The summed E-state index contributed by atoms with van der Waals surface area (Å²) in [5.74, 6) is -0.882. The summed E-state index contributed by atoms with van der Waals surface area (Å²) in [4.78, 5) is 23.7. The van der Waals surface area contributed by atoms with Crippen molar-refractivity contribution in [2.75, 3.05) is 6.61 Å². The number of ketones is 1. The zero-order chi connectivity index (χ0) is 15.4. The molecule has 0 fully saturated rings. The lowest BCUT2D eigenvalue weighted by Gasteiger charge is -2.05. The van der Waals surface area contributed by atoms with Crippen LogP contribution < -0.4 is 0 Å². The molecule has 2 rings (SSSR count). The Balaban J connectivity index is 1.98. The van der Waals surface area contributed by atoms with Crippen LogP contribution in [-0.2, 0) is 4.74 Å². The maximum atomic E-state index is 11.9. The first-order valence-corrected chi connectivity index (χ1v) is 7.72. The molecule has 0 saturated heterocycles. The number of hydrogen-bond acceptors (Lipinski definition) is 3. The highest BCUT2D eigenvalue weighted by atomic mass is 127. The average molecular weight is 435 g/mol. The Labute approximate surface area is 145 Å². The van der Waals surface area contributed by atoms with Crippen LogP contribution in [0.4, 0.5) is 0 Å². The molecular formula is C15H9Cl2IO3. The third kappa shape index (κ3) is 4.43. The fourth-order valence-corrected chi connectivity index (χ4v) is 2.21. The van der Waals surface area contributed by atoms with E-state index in [9.17, 15) is 9.59 Å². The van der Waals surface area contributed by atoms with Crippen LogP contribution in [0.25, 0.3) is 0 Å². The molecule has 0 heterocycles. The standard InChI is InChI=1S/C15H9Cl2IO3/c16-12-6-3-10(7-13(12)17)14(19)8-21-15(20)9-1-4-11(18)5-2-9/h1-7H,8H2. The van der Waals surface area contributed by atoms with Gasteiger partial charge in [0.2, 0.25) is 0 Å². The summed E-state index contributed by atoms with van der Waals surface area (Å²) in [7, 11) is 0. The summed E-state index contributed by atoms with van der Waals surface area (Å²) < 4.78 is 6.00. The second kappa shape index (κ2) is 7.24. The van der Waals surface area contributed by atoms with E-state index in [1.165, 1.54) is 18.2 Å². The number of esters is 1. The smallest absolute Gasteiger partial charge is 0.338 e. The predicted octanol–water partition coefficient (Wildman–Crippen LogP) is 4.64. The molecule has 2 aromatic rings. The number of rotatable bonds is 4. The van der Waals surface area contributed by atoms with Gasteiger partial charge >= 0.3 is 5.97 Å². The third-order valence-corrected chi connectivity index (χ3v) is 4.11. The highest BCUT2D eigenvalue weighted by molar-refractivity contribution is 14.1. The number of hydrogen-bond donors (Lipinski definition) is 0. The van der Waals surface area contributed by atoms with Crippen molar-refractivity contribution in [1.82, 2.24) is 0 Å². The minimum absolute atomic E-state index is 0.284. The molecule has 0 radical (unpaired) electrons. The zero-order valence-electron chi connectivity index (χ0n) is 10.6. The van der Waals surface area contributed by atoms with Crippen LogP contribution in [0.3, 0.4) is 0 Å². The topological polar surface area (TPSA) is 43.4 Å². The van der Waals surface area contributed by atoms with Gasteiger partial charge in [-0.15, -0.1) is 0 Å². The maximum Gasteiger partial charge on any atom is 0.338 e. The molecule has 2 aromatic carbocycles. The summed E-state index contributed by atoms with van der Waals surface area (Å²) in [6.07, 6.45) is 0. The lowest BCUT2D eigenvalue weighted by Crippen LogP contribution is -2.14. The first kappa shape index (κ1) is 16.3. The van der Waals surface area contributed by atoms with E-state index in [0.717, 1.165) is 3.57 Å². The Kier molecular flexibility index (Phi) is 5.61. The van der Waals surface area contributed by atoms with Crippen LogP contribution in [0.2, 0.25) is 10.0 Å². The van der Waals surface area contributed by atoms with Crippen LogP contribution in [0.5, 0.6) is 0 Å². The first-order chi connectivity index (χ1) is 9.97. The number of carbonyl (C=O) groups is 2. The number of Topliss-reactive ketones (excluding diaryl/α,β-unsaturated/α-hetero) is 1. The Morgan fingerprint density at radius 3 is 2.19 bits per heavy atom. The van der Waals surface area contributed by atoms with E-state index in [1.807, 2.05) is 0 Å². The van der Waals surface area contributed by atoms with Crippen molar-refractivity contribution in [2.24, 2.45) is 0 Å². The van der Waals surface area contributed by atoms with Crippen LogP contribution in [0.15, 0.2) is 42.5 Å². The number of ether oxygens (including phenoxy) is 1. The molecule has 0 aliphatic carbocycles. The highest BCUT2D eigenvalue weighted by Gasteiger charge is 2.12. The number of halogens is 3. The Bertz CT molecular complexity index is 684. The molecule has 21 heavy (non-hydrogen) atoms. The van der Waals surface area contributed by atoms with Crippen molar-refractivity contribution in [3.8, 4) is 0 Å². The van der Waals surface area contributed by atoms with E-state index in [0.29, 0.717) is 16.1 Å². The molecule has 0 atom stereocenters. The molecule has 0 aliphatic rings. The van der Waals surface area contributed by atoms with Gasteiger partial charge in [0.05, 0.1) is 15.6 Å². The van der Waals surface area contributed by atoms with Gasteiger partial charge in [0, 0.05) is 9.13 Å². The summed E-state index contributed by atoms with van der Waals surface area (Å²) in [5, 5.41) is 0.649. The van der Waals surface area contributed by atoms with Gasteiger partial charge in [-0.3, -0.25) is 4.79 Å². The van der Waals surface area contributed by atoms with Crippen LogP contribution in [0, 0.1) is 3.57 Å². The molecule has 3 nitrogen and oxygen atoms in total. The fourth-order valence-electron chi connectivity index (χ4n) is 1.55. The highest BCUT2D eigenvalue weighted by Crippen LogP contribution is 2.22. The molecule has 0 saturated carbocycles. The van der Waals surface area contributed by atoms with E-state index in [4.69, 9.17) is 27.9 Å². The molecule has 108 valence electrons. The van der Waals surface area contributed by atoms with Crippen molar-refractivity contribution in [2.45, 2.75) is 0 Å². The average Bonchev–Trinajstić information content (AvgIpc) is 2.48. The zero-order valence-corrected chi connectivity index (χ0v) is 14.3.